The molecule has 0 atom stereocenters. The van der Waals surface area contributed by atoms with Gasteiger partial charge in [-0.3, -0.25) is 19.3 Å². The Morgan fingerprint density at radius 1 is 0.964 bits per heavy atom. The third-order valence-corrected chi connectivity index (χ3v) is 5.64. The van der Waals surface area contributed by atoms with Gasteiger partial charge >= 0.3 is 0 Å². The lowest BCUT2D eigenvalue weighted by atomic mass is 10.1. The first kappa shape index (κ1) is 18.8. The molecule has 0 radical (unpaired) electrons. The van der Waals surface area contributed by atoms with Crippen LogP contribution in [0.15, 0.2) is 36.4 Å². The monoisotopic (exact) mass is 417 g/mol. The number of carbonyl (C=O) groups excluding carboxylic acids is 3. The molecular weight excluding hydrogens is 401 g/mol. The summed E-state index contributed by atoms with van der Waals surface area (Å²) in [5.74, 6) is -1.57. The summed E-state index contributed by atoms with van der Waals surface area (Å²) < 4.78 is 0. The first-order chi connectivity index (χ1) is 13.4. The summed E-state index contributed by atoms with van der Waals surface area (Å²) in [6.45, 7) is 1.62. The average molecular weight is 418 g/mol. The van der Waals surface area contributed by atoms with Gasteiger partial charge in [-0.2, -0.15) is 0 Å². The molecule has 0 unspecified atom stereocenters. The molecule has 8 heteroatoms. The van der Waals surface area contributed by atoms with E-state index in [0.29, 0.717) is 5.69 Å². The quantitative estimate of drug-likeness (QED) is 0.767. The standard InChI is InChI=1S/C20H17Cl2N3O3/c21-16-9-14-15(10-17(16)22)20(28)25(19(14)27)11-18(26)23-12-4-3-5-13(8-12)24-6-1-2-7-24/h3-5,8-10H,1-2,6-7,11H2,(H,23,26). The summed E-state index contributed by atoms with van der Waals surface area (Å²) in [4.78, 5) is 40.6. The average Bonchev–Trinajstić information content (AvgIpc) is 3.28. The smallest absolute Gasteiger partial charge is 0.262 e. The molecule has 6 nitrogen and oxygen atoms in total. The van der Waals surface area contributed by atoms with Crippen LogP contribution in [0, 0.1) is 0 Å². The Morgan fingerprint density at radius 3 is 2.18 bits per heavy atom. The van der Waals surface area contributed by atoms with Crippen molar-refractivity contribution in [2.75, 3.05) is 29.9 Å². The molecule has 0 aromatic heterocycles. The Balaban J connectivity index is 1.46. The van der Waals surface area contributed by atoms with Gasteiger partial charge in [0.05, 0.1) is 21.2 Å². The Kier molecular flexibility index (Phi) is 5.00. The van der Waals surface area contributed by atoms with Crippen LogP contribution in [0.1, 0.15) is 33.6 Å². The molecule has 1 saturated heterocycles. The van der Waals surface area contributed by atoms with Crippen molar-refractivity contribution < 1.29 is 14.4 Å². The van der Waals surface area contributed by atoms with Crippen LogP contribution in [0.5, 0.6) is 0 Å². The van der Waals surface area contributed by atoms with Gasteiger partial charge < -0.3 is 10.2 Å². The van der Waals surface area contributed by atoms with E-state index in [1.165, 1.54) is 12.1 Å². The first-order valence-corrected chi connectivity index (χ1v) is 9.70. The lowest BCUT2D eigenvalue weighted by Crippen LogP contribution is -2.37. The van der Waals surface area contributed by atoms with E-state index in [-0.39, 0.29) is 27.7 Å². The number of amides is 3. The fraction of sp³-hybridized carbons (Fsp3) is 0.250. The normalized spacial score (nSPS) is 15.9. The molecule has 2 heterocycles. The molecule has 1 fully saturated rings. The summed E-state index contributed by atoms with van der Waals surface area (Å²) in [6.07, 6.45) is 2.31. The Labute approximate surface area is 172 Å². The molecular formula is C20H17Cl2N3O3. The summed E-state index contributed by atoms with van der Waals surface area (Å²) >= 11 is 11.9. The zero-order valence-corrected chi connectivity index (χ0v) is 16.4. The SMILES string of the molecule is O=C(CN1C(=O)c2cc(Cl)c(Cl)cc2C1=O)Nc1cccc(N2CCCC2)c1. The van der Waals surface area contributed by atoms with Crippen LogP contribution in [-0.2, 0) is 4.79 Å². The predicted molar refractivity (Wildman–Crippen MR) is 108 cm³/mol. The van der Waals surface area contributed by atoms with Gasteiger partial charge in [-0.15, -0.1) is 0 Å². The summed E-state index contributed by atoms with van der Waals surface area (Å²) in [5.41, 5.74) is 1.98. The second-order valence-corrected chi connectivity index (χ2v) is 7.62. The van der Waals surface area contributed by atoms with Gasteiger partial charge in [0.1, 0.15) is 6.54 Å². The van der Waals surface area contributed by atoms with Crippen LogP contribution in [-0.4, -0.2) is 42.3 Å². The van der Waals surface area contributed by atoms with E-state index in [1.54, 1.807) is 6.07 Å². The molecule has 2 aromatic rings. The molecule has 2 aromatic carbocycles. The number of halogens is 2. The van der Waals surface area contributed by atoms with Crippen molar-refractivity contribution in [3.8, 4) is 0 Å². The highest BCUT2D eigenvalue weighted by molar-refractivity contribution is 6.43. The van der Waals surface area contributed by atoms with Gasteiger partial charge in [0, 0.05) is 24.5 Å². The molecule has 144 valence electrons. The van der Waals surface area contributed by atoms with Crippen LogP contribution in [0.4, 0.5) is 11.4 Å². The first-order valence-electron chi connectivity index (χ1n) is 8.94. The molecule has 0 saturated carbocycles. The second kappa shape index (κ2) is 7.45. The molecule has 0 spiro atoms. The van der Waals surface area contributed by atoms with Crippen LogP contribution >= 0.6 is 23.2 Å². The van der Waals surface area contributed by atoms with Crippen LogP contribution in [0.2, 0.25) is 10.0 Å². The van der Waals surface area contributed by atoms with Crippen molar-refractivity contribution in [1.29, 1.82) is 0 Å². The maximum atomic E-state index is 12.5. The highest BCUT2D eigenvalue weighted by Crippen LogP contribution is 2.31. The molecule has 4 rings (SSSR count). The molecule has 0 aliphatic carbocycles. The van der Waals surface area contributed by atoms with Gasteiger partial charge in [-0.25, -0.2) is 0 Å². The topological polar surface area (TPSA) is 69.7 Å². The predicted octanol–water partition coefficient (Wildman–Crippen LogP) is 3.83. The molecule has 2 aliphatic rings. The Bertz CT molecular complexity index is 946. The van der Waals surface area contributed by atoms with Gasteiger partial charge in [0.15, 0.2) is 0 Å². The number of imide groups is 1. The van der Waals surface area contributed by atoms with E-state index < -0.39 is 17.7 Å². The number of benzene rings is 2. The summed E-state index contributed by atoms with van der Waals surface area (Å²) in [5, 5.41) is 3.13. The number of nitrogens with zero attached hydrogens (tertiary/aromatic N) is 2. The maximum absolute atomic E-state index is 12.5. The fourth-order valence-electron chi connectivity index (χ4n) is 3.53. The minimum absolute atomic E-state index is 0.156. The number of hydrogen-bond donors (Lipinski definition) is 1. The number of carbonyl (C=O) groups is 3. The highest BCUT2D eigenvalue weighted by Gasteiger charge is 2.37. The van der Waals surface area contributed by atoms with Crippen LogP contribution in [0.3, 0.4) is 0 Å². The zero-order chi connectivity index (χ0) is 19.8. The van der Waals surface area contributed by atoms with Gasteiger partial charge in [-0.1, -0.05) is 29.3 Å². The fourth-order valence-corrected chi connectivity index (χ4v) is 3.85. The van der Waals surface area contributed by atoms with E-state index in [2.05, 4.69) is 10.2 Å². The Morgan fingerprint density at radius 2 is 1.57 bits per heavy atom. The van der Waals surface area contributed by atoms with Crippen molar-refractivity contribution in [1.82, 2.24) is 4.90 Å². The second-order valence-electron chi connectivity index (χ2n) is 6.80. The van der Waals surface area contributed by atoms with Crippen LogP contribution < -0.4 is 10.2 Å². The lowest BCUT2D eigenvalue weighted by Gasteiger charge is -2.19. The molecule has 2 aliphatic heterocycles. The summed E-state index contributed by atoms with van der Waals surface area (Å²) in [6, 6.07) is 10.3. The van der Waals surface area contributed by atoms with Gasteiger partial charge in [0.25, 0.3) is 11.8 Å². The molecule has 3 amide bonds. The number of rotatable bonds is 4. The minimum Gasteiger partial charge on any atom is -0.371 e. The van der Waals surface area contributed by atoms with E-state index >= 15 is 0 Å². The zero-order valence-electron chi connectivity index (χ0n) is 14.9. The van der Waals surface area contributed by atoms with E-state index in [9.17, 15) is 14.4 Å². The number of fused-ring (bicyclic) bond motifs is 1. The van der Waals surface area contributed by atoms with Crippen LogP contribution in [0.25, 0.3) is 0 Å². The van der Waals surface area contributed by atoms with E-state index in [0.717, 1.165) is 36.5 Å². The molecule has 1 N–H and O–H groups in total. The maximum Gasteiger partial charge on any atom is 0.262 e. The van der Waals surface area contributed by atoms with Gasteiger partial charge in [0.2, 0.25) is 5.91 Å². The van der Waals surface area contributed by atoms with Crippen molar-refractivity contribution in [2.24, 2.45) is 0 Å². The van der Waals surface area contributed by atoms with Crippen molar-refractivity contribution in [3.05, 3.63) is 57.6 Å². The van der Waals surface area contributed by atoms with Crippen molar-refractivity contribution in [3.63, 3.8) is 0 Å². The molecule has 0 bridgehead atoms. The van der Waals surface area contributed by atoms with E-state index in [4.69, 9.17) is 23.2 Å². The minimum atomic E-state index is -0.556. The largest absolute Gasteiger partial charge is 0.371 e. The number of hydrogen-bond acceptors (Lipinski definition) is 4. The highest BCUT2D eigenvalue weighted by atomic mass is 35.5. The third-order valence-electron chi connectivity index (χ3n) is 4.91. The lowest BCUT2D eigenvalue weighted by molar-refractivity contribution is -0.116. The van der Waals surface area contributed by atoms with E-state index in [1.807, 2.05) is 18.2 Å². The number of anilines is 2. The summed E-state index contributed by atoms with van der Waals surface area (Å²) in [7, 11) is 0. The van der Waals surface area contributed by atoms with Crippen molar-refractivity contribution in [2.45, 2.75) is 12.8 Å². The third kappa shape index (κ3) is 3.45. The molecule has 28 heavy (non-hydrogen) atoms. The number of nitrogens with one attached hydrogen (secondary N) is 1. The van der Waals surface area contributed by atoms with Crippen molar-refractivity contribution >= 4 is 52.3 Å². The Hall–Kier alpha value is -2.57. The van der Waals surface area contributed by atoms with Gasteiger partial charge in [-0.05, 0) is 43.2 Å².